The van der Waals surface area contributed by atoms with Crippen molar-refractivity contribution in [3.8, 4) is 0 Å². The van der Waals surface area contributed by atoms with E-state index in [-0.39, 0.29) is 5.92 Å². The molecular formula is C15H23N3O4. The number of piperidine rings is 1. The standard InChI is InChI=1S/C15H23N3O4/c1-15(2,3)22-14(21)18-8-6-10(13(19)20)11(9-18)12-5-7-16-17(12)4/h5,7,10-11H,6,8-9H2,1-4H3,(H,19,20). The van der Waals surface area contributed by atoms with Crippen LogP contribution in [0.15, 0.2) is 12.3 Å². The fourth-order valence-corrected chi connectivity index (χ4v) is 2.79. The molecule has 2 unspecified atom stereocenters. The van der Waals surface area contributed by atoms with Crippen LogP contribution in [-0.2, 0) is 16.6 Å². The average molecular weight is 309 g/mol. The Labute approximate surface area is 129 Å². The second-order valence-electron chi connectivity index (χ2n) is 6.65. The fourth-order valence-electron chi connectivity index (χ4n) is 2.79. The molecule has 2 atom stereocenters. The van der Waals surface area contributed by atoms with Crippen LogP contribution >= 0.6 is 0 Å². The Bertz CT molecular complexity index is 561. The number of hydrogen-bond acceptors (Lipinski definition) is 4. The lowest BCUT2D eigenvalue weighted by molar-refractivity contribution is -0.144. The molecule has 1 fully saturated rings. The second-order valence-corrected chi connectivity index (χ2v) is 6.65. The van der Waals surface area contributed by atoms with Gasteiger partial charge in [0.1, 0.15) is 5.60 Å². The monoisotopic (exact) mass is 309 g/mol. The number of aryl methyl sites for hydroxylation is 1. The van der Waals surface area contributed by atoms with E-state index in [1.54, 1.807) is 28.9 Å². The van der Waals surface area contributed by atoms with E-state index in [2.05, 4.69) is 5.10 Å². The maximum atomic E-state index is 12.2. The van der Waals surface area contributed by atoms with E-state index in [0.717, 1.165) is 5.69 Å². The molecule has 0 aromatic carbocycles. The van der Waals surface area contributed by atoms with Crippen molar-refractivity contribution in [2.45, 2.75) is 38.7 Å². The molecule has 1 aromatic rings. The molecule has 1 amide bonds. The largest absolute Gasteiger partial charge is 0.481 e. The van der Waals surface area contributed by atoms with Gasteiger partial charge in [-0.3, -0.25) is 9.48 Å². The van der Waals surface area contributed by atoms with Crippen LogP contribution in [0, 0.1) is 5.92 Å². The van der Waals surface area contributed by atoms with Crippen molar-refractivity contribution in [3.63, 3.8) is 0 Å². The van der Waals surface area contributed by atoms with Gasteiger partial charge in [-0.25, -0.2) is 4.79 Å². The first-order chi connectivity index (χ1) is 10.2. The van der Waals surface area contributed by atoms with E-state index in [4.69, 9.17) is 4.74 Å². The van der Waals surface area contributed by atoms with Gasteiger partial charge in [0.2, 0.25) is 0 Å². The van der Waals surface area contributed by atoms with Crippen molar-refractivity contribution < 1.29 is 19.4 Å². The summed E-state index contributed by atoms with van der Waals surface area (Å²) < 4.78 is 7.05. The van der Waals surface area contributed by atoms with E-state index in [1.165, 1.54) is 0 Å². The Hall–Kier alpha value is -2.05. The highest BCUT2D eigenvalue weighted by Gasteiger charge is 2.39. The number of carboxylic acid groups (broad SMARTS) is 1. The number of likely N-dealkylation sites (tertiary alicyclic amines) is 1. The molecule has 0 radical (unpaired) electrons. The summed E-state index contributed by atoms with van der Waals surface area (Å²) in [6.45, 7) is 6.15. The number of carbonyl (C=O) groups is 2. The zero-order valence-electron chi connectivity index (χ0n) is 13.4. The van der Waals surface area contributed by atoms with Gasteiger partial charge in [0.05, 0.1) is 5.92 Å². The Morgan fingerprint density at radius 1 is 1.41 bits per heavy atom. The maximum absolute atomic E-state index is 12.2. The van der Waals surface area contributed by atoms with Crippen LogP contribution < -0.4 is 0 Å². The zero-order valence-corrected chi connectivity index (χ0v) is 13.4. The second kappa shape index (κ2) is 5.98. The minimum absolute atomic E-state index is 0.286. The van der Waals surface area contributed by atoms with Gasteiger partial charge in [-0.2, -0.15) is 5.10 Å². The molecule has 2 rings (SSSR count). The molecule has 7 nitrogen and oxygen atoms in total. The van der Waals surface area contributed by atoms with Gasteiger partial charge < -0.3 is 14.7 Å². The number of carbonyl (C=O) groups excluding carboxylic acids is 1. The Kier molecular flexibility index (Phi) is 4.44. The summed E-state index contributed by atoms with van der Waals surface area (Å²) >= 11 is 0. The summed E-state index contributed by atoms with van der Waals surface area (Å²) in [5.74, 6) is -1.64. The van der Waals surface area contributed by atoms with Gasteiger partial charge in [-0.05, 0) is 33.3 Å². The third kappa shape index (κ3) is 3.58. The van der Waals surface area contributed by atoms with Crippen LogP contribution in [0.25, 0.3) is 0 Å². The topological polar surface area (TPSA) is 84.7 Å². The lowest BCUT2D eigenvalue weighted by Crippen LogP contribution is -2.47. The first kappa shape index (κ1) is 16.3. The molecule has 0 bridgehead atoms. The summed E-state index contributed by atoms with van der Waals surface area (Å²) in [5.41, 5.74) is 0.253. The van der Waals surface area contributed by atoms with Gasteiger partial charge in [0.15, 0.2) is 0 Å². The van der Waals surface area contributed by atoms with Gasteiger partial charge >= 0.3 is 12.1 Å². The minimum atomic E-state index is -0.838. The molecule has 1 saturated heterocycles. The van der Waals surface area contributed by atoms with E-state index in [0.29, 0.717) is 19.5 Å². The highest BCUT2D eigenvalue weighted by atomic mass is 16.6. The van der Waals surface area contributed by atoms with Gasteiger partial charge in [0.25, 0.3) is 0 Å². The molecule has 7 heteroatoms. The van der Waals surface area contributed by atoms with Crippen molar-refractivity contribution in [1.82, 2.24) is 14.7 Å². The average Bonchev–Trinajstić information content (AvgIpc) is 2.82. The number of hydrogen-bond donors (Lipinski definition) is 1. The molecule has 22 heavy (non-hydrogen) atoms. The number of aliphatic carboxylic acids is 1. The van der Waals surface area contributed by atoms with Crippen molar-refractivity contribution in [1.29, 1.82) is 0 Å². The summed E-state index contributed by atoms with van der Waals surface area (Å²) in [6.07, 6.45) is 1.65. The number of nitrogens with zero attached hydrogens (tertiary/aromatic N) is 3. The van der Waals surface area contributed by atoms with E-state index < -0.39 is 23.6 Å². The Balaban J connectivity index is 2.19. The van der Waals surface area contributed by atoms with E-state index in [1.807, 2.05) is 20.8 Å². The van der Waals surface area contributed by atoms with Crippen LogP contribution in [0.5, 0.6) is 0 Å². The summed E-state index contributed by atoms with van der Waals surface area (Å²) in [5, 5.41) is 13.5. The maximum Gasteiger partial charge on any atom is 0.410 e. The number of amides is 1. The Morgan fingerprint density at radius 2 is 2.09 bits per heavy atom. The number of ether oxygens (including phenoxy) is 1. The third-order valence-electron chi connectivity index (χ3n) is 3.82. The van der Waals surface area contributed by atoms with Crippen LogP contribution in [0.3, 0.4) is 0 Å². The number of carboxylic acids is 1. The van der Waals surface area contributed by atoms with Crippen molar-refractivity contribution in [2.24, 2.45) is 13.0 Å². The van der Waals surface area contributed by atoms with Gasteiger partial charge in [-0.15, -0.1) is 0 Å². The SMILES string of the molecule is Cn1nccc1C1CN(C(=O)OC(C)(C)C)CCC1C(=O)O. The molecular weight excluding hydrogens is 286 g/mol. The smallest absolute Gasteiger partial charge is 0.410 e. The molecule has 1 N–H and O–H groups in total. The molecule has 1 aliphatic rings. The predicted molar refractivity (Wildman–Crippen MR) is 79.5 cm³/mol. The molecule has 2 heterocycles. The fraction of sp³-hybridized carbons (Fsp3) is 0.667. The first-order valence-corrected chi connectivity index (χ1v) is 7.37. The molecule has 1 aliphatic heterocycles. The number of rotatable bonds is 2. The highest BCUT2D eigenvalue weighted by molar-refractivity contribution is 5.73. The lowest BCUT2D eigenvalue weighted by Gasteiger charge is -2.37. The van der Waals surface area contributed by atoms with Crippen LogP contribution in [-0.4, -0.2) is 50.5 Å². The summed E-state index contributed by atoms with van der Waals surface area (Å²) in [6, 6.07) is 1.80. The zero-order chi connectivity index (χ0) is 16.5. The molecule has 122 valence electrons. The summed E-state index contributed by atoms with van der Waals surface area (Å²) in [7, 11) is 1.78. The van der Waals surface area contributed by atoms with Crippen LogP contribution in [0.1, 0.15) is 38.8 Å². The third-order valence-corrected chi connectivity index (χ3v) is 3.82. The summed E-state index contributed by atoms with van der Waals surface area (Å²) in [4.78, 5) is 25.3. The predicted octanol–water partition coefficient (Wildman–Crippen LogP) is 1.85. The Morgan fingerprint density at radius 3 is 2.59 bits per heavy atom. The van der Waals surface area contributed by atoms with Crippen molar-refractivity contribution >= 4 is 12.1 Å². The van der Waals surface area contributed by atoms with Crippen LogP contribution in [0.2, 0.25) is 0 Å². The quantitative estimate of drug-likeness (QED) is 0.901. The van der Waals surface area contributed by atoms with Crippen molar-refractivity contribution in [2.75, 3.05) is 13.1 Å². The van der Waals surface area contributed by atoms with E-state index >= 15 is 0 Å². The van der Waals surface area contributed by atoms with E-state index in [9.17, 15) is 14.7 Å². The normalized spacial score (nSPS) is 22.5. The van der Waals surface area contributed by atoms with Crippen molar-refractivity contribution in [3.05, 3.63) is 18.0 Å². The molecule has 0 spiro atoms. The molecule has 0 aliphatic carbocycles. The molecule has 1 aromatic heterocycles. The van der Waals surface area contributed by atoms with Crippen LogP contribution in [0.4, 0.5) is 4.79 Å². The minimum Gasteiger partial charge on any atom is -0.481 e. The van der Waals surface area contributed by atoms with Gasteiger partial charge in [-0.1, -0.05) is 0 Å². The lowest BCUT2D eigenvalue weighted by atomic mass is 9.83. The highest BCUT2D eigenvalue weighted by Crippen LogP contribution is 2.33. The number of aromatic nitrogens is 2. The van der Waals surface area contributed by atoms with Gasteiger partial charge in [0, 0.05) is 37.9 Å². The molecule has 0 saturated carbocycles. The first-order valence-electron chi connectivity index (χ1n) is 7.37.